The van der Waals surface area contributed by atoms with E-state index in [4.69, 9.17) is 5.73 Å². The summed E-state index contributed by atoms with van der Waals surface area (Å²) in [5.74, 6) is 0.238. The first kappa shape index (κ1) is 7.39. The molecule has 1 aromatic heterocycles. The van der Waals surface area contributed by atoms with Crippen LogP contribution in [0.1, 0.15) is 0 Å². The third kappa shape index (κ3) is 1.40. The molecule has 1 heterocycles. The van der Waals surface area contributed by atoms with Gasteiger partial charge in [0.05, 0.1) is 11.5 Å². The van der Waals surface area contributed by atoms with Crippen LogP contribution in [0.25, 0.3) is 0 Å². The maximum atomic E-state index is 10.0. The standard InChI is InChI=1S/C5H7N5O/c1-10(9-11)4-2-7-3-8-5(4)6/h2-3H,1H3,(H2,6,7,8). The average Bonchev–Trinajstić information content (AvgIpc) is 2.04. The molecule has 0 aliphatic carbocycles. The van der Waals surface area contributed by atoms with Gasteiger partial charge in [0.1, 0.15) is 12.0 Å². The van der Waals surface area contributed by atoms with E-state index in [1.165, 1.54) is 19.6 Å². The van der Waals surface area contributed by atoms with Crippen molar-refractivity contribution in [2.24, 2.45) is 5.29 Å². The molecule has 6 nitrogen and oxygen atoms in total. The Morgan fingerprint density at radius 1 is 1.73 bits per heavy atom. The van der Waals surface area contributed by atoms with Crippen LogP contribution in [0.4, 0.5) is 11.5 Å². The highest BCUT2D eigenvalue weighted by molar-refractivity contribution is 5.60. The van der Waals surface area contributed by atoms with Gasteiger partial charge in [-0.05, 0) is 0 Å². The van der Waals surface area contributed by atoms with Crippen molar-refractivity contribution in [3.05, 3.63) is 17.4 Å². The Morgan fingerprint density at radius 2 is 2.45 bits per heavy atom. The zero-order valence-electron chi connectivity index (χ0n) is 5.93. The van der Waals surface area contributed by atoms with E-state index < -0.39 is 0 Å². The number of hydrogen-bond donors (Lipinski definition) is 1. The molecular weight excluding hydrogens is 146 g/mol. The van der Waals surface area contributed by atoms with Gasteiger partial charge in [0.25, 0.3) is 0 Å². The third-order valence-corrected chi connectivity index (χ3v) is 1.19. The van der Waals surface area contributed by atoms with E-state index in [9.17, 15) is 4.91 Å². The number of nitrogen functional groups attached to an aromatic ring is 1. The van der Waals surface area contributed by atoms with Crippen LogP contribution in [0.15, 0.2) is 17.8 Å². The number of rotatable bonds is 2. The molecular formula is C5H7N5O. The van der Waals surface area contributed by atoms with E-state index in [0.717, 1.165) is 5.01 Å². The smallest absolute Gasteiger partial charge is 0.152 e. The Morgan fingerprint density at radius 3 is 3.00 bits per heavy atom. The molecule has 0 saturated carbocycles. The van der Waals surface area contributed by atoms with E-state index in [2.05, 4.69) is 15.3 Å². The molecule has 0 saturated heterocycles. The van der Waals surface area contributed by atoms with Crippen LogP contribution >= 0.6 is 0 Å². The van der Waals surface area contributed by atoms with E-state index in [1.807, 2.05) is 0 Å². The van der Waals surface area contributed by atoms with Gasteiger partial charge in [0, 0.05) is 7.05 Å². The number of nitroso groups, excluding NO2 is 1. The summed E-state index contributed by atoms with van der Waals surface area (Å²) in [5.41, 5.74) is 5.81. The predicted molar refractivity (Wildman–Crippen MR) is 40.6 cm³/mol. The van der Waals surface area contributed by atoms with Crippen molar-refractivity contribution in [2.45, 2.75) is 0 Å². The minimum absolute atomic E-state index is 0.238. The molecule has 0 aliphatic heterocycles. The van der Waals surface area contributed by atoms with E-state index in [-0.39, 0.29) is 5.82 Å². The van der Waals surface area contributed by atoms with Gasteiger partial charge in [0.15, 0.2) is 5.82 Å². The molecule has 6 heteroatoms. The monoisotopic (exact) mass is 153 g/mol. The summed E-state index contributed by atoms with van der Waals surface area (Å²) in [6, 6.07) is 0. The fraction of sp³-hybridized carbons (Fsp3) is 0.200. The zero-order valence-corrected chi connectivity index (χ0v) is 5.93. The number of nitrogens with two attached hydrogens (primary N) is 1. The second kappa shape index (κ2) is 2.91. The van der Waals surface area contributed by atoms with Crippen LogP contribution in [-0.4, -0.2) is 17.0 Å². The van der Waals surface area contributed by atoms with Gasteiger partial charge in [-0.3, -0.25) is 0 Å². The largest absolute Gasteiger partial charge is 0.382 e. The first-order valence-corrected chi connectivity index (χ1v) is 2.88. The van der Waals surface area contributed by atoms with Crippen LogP contribution in [0, 0.1) is 4.91 Å². The predicted octanol–water partition coefficient (Wildman–Crippen LogP) is 0.176. The molecule has 2 N–H and O–H groups in total. The van der Waals surface area contributed by atoms with Crippen molar-refractivity contribution in [1.29, 1.82) is 0 Å². The Kier molecular flexibility index (Phi) is 1.95. The first-order valence-electron chi connectivity index (χ1n) is 2.88. The van der Waals surface area contributed by atoms with Crippen molar-refractivity contribution >= 4 is 11.5 Å². The zero-order chi connectivity index (χ0) is 8.27. The van der Waals surface area contributed by atoms with E-state index in [1.54, 1.807) is 0 Å². The number of anilines is 2. The fourth-order valence-corrected chi connectivity index (χ4v) is 0.625. The van der Waals surface area contributed by atoms with Gasteiger partial charge >= 0.3 is 0 Å². The molecule has 1 aromatic rings. The Hall–Kier alpha value is -1.72. The molecule has 0 unspecified atom stereocenters. The topological polar surface area (TPSA) is 84.5 Å². The molecule has 58 valence electrons. The van der Waals surface area contributed by atoms with Crippen LogP contribution in [0.2, 0.25) is 0 Å². The normalized spacial score (nSPS) is 9.18. The summed E-state index contributed by atoms with van der Waals surface area (Å²) in [7, 11) is 1.47. The Labute approximate surface area is 63.0 Å². The van der Waals surface area contributed by atoms with Crippen LogP contribution in [0.3, 0.4) is 0 Å². The van der Waals surface area contributed by atoms with Crippen molar-refractivity contribution in [3.63, 3.8) is 0 Å². The highest BCUT2D eigenvalue weighted by Gasteiger charge is 2.04. The molecule has 0 atom stereocenters. The second-order valence-corrected chi connectivity index (χ2v) is 1.90. The molecule has 0 bridgehead atoms. The summed E-state index contributed by atoms with van der Waals surface area (Å²) in [6.07, 6.45) is 2.72. The van der Waals surface area contributed by atoms with Crippen molar-refractivity contribution in [2.75, 3.05) is 17.8 Å². The Bertz CT molecular complexity index is 263. The summed E-state index contributed by atoms with van der Waals surface area (Å²) in [5, 5.41) is 3.71. The van der Waals surface area contributed by atoms with Crippen molar-refractivity contribution < 1.29 is 0 Å². The first-order chi connectivity index (χ1) is 5.25. The molecule has 11 heavy (non-hydrogen) atoms. The molecule has 0 aliphatic rings. The van der Waals surface area contributed by atoms with Gasteiger partial charge in [0.2, 0.25) is 0 Å². The van der Waals surface area contributed by atoms with Crippen LogP contribution in [-0.2, 0) is 0 Å². The highest BCUT2D eigenvalue weighted by Crippen LogP contribution is 2.16. The second-order valence-electron chi connectivity index (χ2n) is 1.90. The van der Waals surface area contributed by atoms with Gasteiger partial charge in [-0.2, -0.15) is 0 Å². The lowest BCUT2D eigenvalue weighted by Crippen LogP contribution is -2.10. The molecule has 0 amide bonds. The van der Waals surface area contributed by atoms with E-state index >= 15 is 0 Å². The van der Waals surface area contributed by atoms with Gasteiger partial charge in [-0.1, -0.05) is 0 Å². The summed E-state index contributed by atoms with van der Waals surface area (Å²) in [6.45, 7) is 0. The van der Waals surface area contributed by atoms with Gasteiger partial charge < -0.3 is 5.73 Å². The maximum absolute atomic E-state index is 10.0. The molecule has 0 fully saturated rings. The van der Waals surface area contributed by atoms with Crippen LogP contribution in [0.5, 0.6) is 0 Å². The van der Waals surface area contributed by atoms with Crippen LogP contribution < -0.4 is 10.7 Å². The number of hydrogen-bond acceptors (Lipinski definition) is 5. The van der Waals surface area contributed by atoms with Gasteiger partial charge in [-0.15, -0.1) is 4.91 Å². The van der Waals surface area contributed by atoms with Crippen molar-refractivity contribution in [3.8, 4) is 0 Å². The quantitative estimate of drug-likeness (QED) is 0.483. The lowest BCUT2D eigenvalue weighted by Gasteiger charge is -2.08. The summed E-state index contributed by atoms with van der Waals surface area (Å²) in [4.78, 5) is 17.4. The Balaban J connectivity index is 3.02. The average molecular weight is 153 g/mol. The summed E-state index contributed by atoms with van der Waals surface area (Å²) >= 11 is 0. The van der Waals surface area contributed by atoms with E-state index in [0.29, 0.717) is 5.69 Å². The summed E-state index contributed by atoms with van der Waals surface area (Å²) < 4.78 is 0. The number of nitrogens with zero attached hydrogens (tertiary/aromatic N) is 4. The number of aromatic nitrogens is 2. The molecule has 0 radical (unpaired) electrons. The van der Waals surface area contributed by atoms with Crippen molar-refractivity contribution in [1.82, 2.24) is 9.97 Å². The van der Waals surface area contributed by atoms with Gasteiger partial charge in [-0.25, -0.2) is 15.0 Å². The molecule has 0 aromatic carbocycles. The lowest BCUT2D eigenvalue weighted by atomic mass is 10.5. The maximum Gasteiger partial charge on any atom is 0.152 e. The fourth-order valence-electron chi connectivity index (χ4n) is 0.625. The lowest BCUT2D eigenvalue weighted by molar-refractivity contribution is 0.983. The minimum Gasteiger partial charge on any atom is -0.382 e. The SMILES string of the molecule is CN(N=O)c1cncnc1N. The molecule has 0 spiro atoms. The third-order valence-electron chi connectivity index (χ3n) is 1.19. The molecule has 1 rings (SSSR count). The highest BCUT2D eigenvalue weighted by atomic mass is 16.3. The minimum atomic E-state index is 0.238.